The van der Waals surface area contributed by atoms with E-state index in [0.717, 1.165) is 0 Å². The van der Waals surface area contributed by atoms with Gasteiger partial charge in [-0.3, -0.25) is 14.9 Å². The van der Waals surface area contributed by atoms with Crippen LogP contribution in [0, 0.1) is 10.1 Å². The number of ether oxygens (including phenoxy) is 2. The third-order valence-electron chi connectivity index (χ3n) is 1.93. The van der Waals surface area contributed by atoms with E-state index >= 15 is 0 Å². The lowest BCUT2D eigenvalue weighted by molar-refractivity contribution is -0.385. The summed E-state index contributed by atoms with van der Waals surface area (Å²) in [6.07, 6.45) is 0. The molecule has 92 valence electrons. The molecule has 0 heterocycles. The topological polar surface area (TPSA) is 90.7 Å². The molecule has 0 saturated carbocycles. The van der Waals surface area contributed by atoms with E-state index < -0.39 is 4.92 Å². The number of anilines is 1. The molecule has 1 amide bonds. The van der Waals surface area contributed by atoms with Crippen LogP contribution < -0.4 is 10.1 Å². The van der Waals surface area contributed by atoms with Crippen molar-refractivity contribution >= 4 is 17.3 Å². The van der Waals surface area contributed by atoms with Gasteiger partial charge in [-0.2, -0.15) is 0 Å². The standard InChI is InChI=1S/C10H12N2O5/c1-16-6-10(13)11-7-3-4-9(17-2)8(5-7)12(14)15/h3-5H,6H2,1-2H3,(H,11,13). The Morgan fingerprint density at radius 3 is 2.71 bits per heavy atom. The summed E-state index contributed by atoms with van der Waals surface area (Å²) in [4.78, 5) is 21.4. The summed E-state index contributed by atoms with van der Waals surface area (Å²) < 4.78 is 9.46. The zero-order valence-corrected chi connectivity index (χ0v) is 9.43. The van der Waals surface area contributed by atoms with E-state index in [4.69, 9.17) is 4.74 Å². The van der Waals surface area contributed by atoms with Crippen molar-refractivity contribution in [3.63, 3.8) is 0 Å². The molecule has 7 nitrogen and oxygen atoms in total. The van der Waals surface area contributed by atoms with E-state index in [1.54, 1.807) is 0 Å². The van der Waals surface area contributed by atoms with Gasteiger partial charge in [-0.05, 0) is 12.1 Å². The van der Waals surface area contributed by atoms with Crippen LogP contribution in [0.25, 0.3) is 0 Å². The molecular weight excluding hydrogens is 228 g/mol. The van der Waals surface area contributed by atoms with Crippen molar-refractivity contribution in [3.05, 3.63) is 28.3 Å². The van der Waals surface area contributed by atoms with Crippen LogP contribution in [0.4, 0.5) is 11.4 Å². The number of nitrogens with zero attached hydrogens (tertiary/aromatic N) is 1. The number of rotatable bonds is 5. The van der Waals surface area contributed by atoms with E-state index in [0.29, 0.717) is 5.69 Å². The molecule has 0 saturated heterocycles. The van der Waals surface area contributed by atoms with Crippen molar-refractivity contribution in [1.29, 1.82) is 0 Å². The number of nitro groups is 1. The Bertz CT molecular complexity index is 433. The van der Waals surface area contributed by atoms with Crippen molar-refractivity contribution in [2.75, 3.05) is 26.1 Å². The van der Waals surface area contributed by atoms with Gasteiger partial charge in [-0.15, -0.1) is 0 Å². The summed E-state index contributed by atoms with van der Waals surface area (Å²) in [6, 6.07) is 4.16. The van der Waals surface area contributed by atoms with Crippen molar-refractivity contribution < 1.29 is 19.2 Å². The third-order valence-corrected chi connectivity index (χ3v) is 1.93. The molecule has 0 fully saturated rings. The van der Waals surface area contributed by atoms with Crippen molar-refractivity contribution in [1.82, 2.24) is 0 Å². The predicted octanol–water partition coefficient (Wildman–Crippen LogP) is 1.19. The molecule has 0 spiro atoms. The Morgan fingerprint density at radius 1 is 1.47 bits per heavy atom. The fraction of sp³-hybridized carbons (Fsp3) is 0.300. The fourth-order valence-corrected chi connectivity index (χ4v) is 1.24. The Labute approximate surface area is 97.5 Å². The molecule has 0 aliphatic heterocycles. The Morgan fingerprint density at radius 2 is 2.18 bits per heavy atom. The molecule has 0 radical (unpaired) electrons. The number of nitro benzene ring substituents is 1. The molecule has 0 aliphatic carbocycles. The van der Waals surface area contributed by atoms with Gasteiger partial charge in [-0.1, -0.05) is 0 Å². The van der Waals surface area contributed by atoms with E-state index in [1.165, 1.54) is 32.4 Å². The molecule has 7 heteroatoms. The van der Waals surface area contributed by atoms with Crippen LogP contribution in [0.3, 0.4) is 0 Å². The Kier molecular flexibility index (Phi) is 4.41. The first-order chi connectivity index (χ1) is 8.08. The van der Waals surface area contributed by atoms with Gasteiger partial charge in [0.1, 0.15) is 6.61 Å². The number of carbonyl (C=O) groups excluding carboxylic acids is 1. The van der Waals surface area contributed by atoms with Gasteiger partial charge in [0.25, 0.3) is 0 Å². The van der Waals surface area contributed by atoms with Crippen molar-refractivity contribution in [3.8, 4) is 5.75 Å². The quantitative estimate of drug-likeness (QED) is 0.616. The summed E-state index contributed by atoms with van der Waals surface area (Å²) >= 11 is 0. The van der Waals surface area contributed by atoms with Crippen LogP contribution >= 0.6 is 0 Å². The number of hydrogen-bond acceptors (Lipinski definition) is 5. The summed E-state index contributed by atoms with van der Waals surface area (Å²) in [5.74, 6) is -0.244. The highest BCUT2D eigenvalue weighted by Crippen LogP contribution is 2.29. The normalized spacial score (nSPS) is 9.76. The highest BCUT2D eigenvalue weighted by molar-refractivity contribution is 5.92. The summed E-state index contributed by atoms with van der Waals surface area (Å²) in [7, 11) is 2.72. The SMILES string of the molecule is COCC(=O)Nc1ccc(OC)c([N+](=O)[O-])c1. The number of hydrogen-bond donors (Lipinski definition) is 1. The van der Waals surface area contributed by atoms with Crippen LogP contribution in [0.5, 0.6) is 5.75 Å². The van der Waals surface area contributed by atoms with E-state index in [1.807, 2.05) is 0 Å². The maximum absolute atomic E-state index is 11.2. The number of methoxy groups -OCH3 is 2. The zero-order chi connectivity index (χ0) is 12.8. The molecule has 0 aromatic heterocycles. The van der Waals surface area contributed by atoms with Crippen LogP contribution in [-0.2, 0) is 9.53 Å². The summed E-state index contributed by atoms with van der Waals surface area (Å²) in [5, 5.41) is 13.2. The molecule has 1 aromatic rings. The highest BCUT2D eigenvalue weighted by Gasteiger charge is 2.15. The van der Waals surface area contributed by atoms with E-state index in [-0.39, 0.29) is 24.0 Å². The minimum atomic E-state index is -0.579. The van der Waals surface area contributed by atoms with Crippen LogP contribution in [0.15, 0.2) is 18.2 Å². The van der Waals surface area contributed by atoms with E-state index in [2.05, 4.69) is 10.1 Å². The monoisotopic (exact) mass is 240 g/mol. The van der Waals surface area contributed by atoms with Gasteiger partial charge in [0, 0.05) is 18.9 Å². The zero-order valence-electron chi connectivity index (χ0n) is 9.43. The lowest BCUT2D eigenvalue weighted by Gasteiger charge is -2.06. The number of benzene rings is 1. The van der Waals surface area contributed by atoms with Crippen molar-refractivity contribution in [2.45, 2.75) is 0 Å². The Balaban J connectivity index is 2.92. The summed E-state index contributed by atoms with van der Waals surface area (Å²) in [6.45, 7) is -0.111. The first-order valence-electron chi connectivity index (χ1n) is 4.69. The second-order valence-corrected chi connectivity index (χ2v) is 3.12. The molecule has 0 unspecified atom stereocenters. The van der Waals surface area contributed by atoms with Gasteiger partial charge in [0.2, 0.25) is 5.91 Å². The molecule has 1 rings (SSSR count). The lowest BCUT2D eigenvalue weighted by atomic mass is 10.2. The fourth-order valence-electron chi connectivity index (χ4n) is 1.24. The largest absolute Gasteiger partial charge is 0.490 e. The third kappa shape index (κ3) is 3.42. The number of amides is 1. The lowest BCUT2D eigenvalue weighted by Crippen LogP contribution is -2.17. The molecular formula is C10H12N2O5. The predicted molar refractivity (Wildman–Crippen MR) is 60.2 cm³/mol. The van der Waals surface area contributed by atoms with Crippen LogP contribution in [0.1, 0.15) is 0 Å². The molecule has 17 heavy (non-hydrogen) atoms. The van der Waals surface area contributed by atoms with Gasteiger partial charge in [0.15, 0.2) is 5.75 Å². The first-order valence-corrected chi connectivity index (χ1v) is 4.69. The molecule has 0 aliphatic rings. The van der Waals surface area contributed by atoms with Gasteiger partial charge in [0.05, 0.1) is 12.0 Å². The van der Waals surface area contributed by atoms with Crippen molar-refractivity contribution in [2.24, 2.45) is 0 Å². The number of nitrogens with one attached hydrogen (secondary N) is 1. The number of carbonyl (C=O) groups is 1. The molecule has 1 N–H and O–H groups in total. The smallest absolute Gasteiger partial charge is 0.312 e. The minimum Gasteiger partial charge on any atom is -0.490 e. The van der Waals surface area contributed by atoms with Crippen LogP contribution in [0.2, 0.25) is 0 Å². The van der Waals surface area contributed by atoms with Gasteiger partial charge >= 0.3 is 5.69 Å². The molecule has 0 atom stereocenters. The molecule has 0 bridgehead atoms. The average Bonchev–Trinajstić information content (AvgIpc) is 2.29. The van der Waals surface area contributed by atoms with Gasteiger partial charge < -0.3 is 14.8 Å². The molecule has 1 aromatic carbocycles. The Hall–Kier alpha value is -2.15. The maximum Gasteiger partial charge on any atom is 0.312 e. The van der Waals surface area contributed by atoms with Crippen LogP contribution in [-0.4, -0.2) is 31.7 Å². The average molecular weight is 240 g/mol. The minimum absolute atomic E-state index is 0.111. The van der Waals surface area contributed by atoms with Gasteiger partial charge in [-0.25, -0.2) is 0 Å². The second kappa shape index (κ2) is 5.80. The first kappa shape index (κ1) is 12.9. The maximum atomic E-state index is 11.2. The highest BCUT2D eigenvalue weighted by atomic mass is 16.6. The second-order valence-electron chi connectivity index (χ2n) is 3.12. The van der Waals surface area contributed by atoms with E-state index in [9.17, 15) is 14.9 Å². The summed E-state index contributed by atoms with van der Waals surface area (Å²) in [5.41, 5.74) is 0.113.